The lowest BCUT2D eigenvalue weighted by Gasteiger charge is -2.36. The molecule has 6 nitrogen and oxygen atoms in total. The minimum Gasteiger partial charge on any atom is -0.491 e. The van der Waals surface area contributed by atoms with E-state index < -0.39 is 5.54 Å². The highest BCUT2D eigenvalue weighted by Gasteiger charge is 2.40. The van der Waals surface area contributed by atoms with Crippen molar-refractivity contribution in [3.05, 3.63) is 28.8 Å². The van der Waals surface area contributed by atoms with Crippen molar-refractivity contribution in [1.29, 1.82) is 0 Å². The first-order valence-electron chi connectivity index (χ1n) is 9.09. The number of benzene rings is 1. The first-order valence-corrected chi connectivity index (χ1v) is 9.47. The third-order valence-corrected chi connectivity index (χ3v) is 4.78. The van der Waals surface area contributed by atoms with Gasteiger partial charge >= 0.3 is 6.03 Å². The number of carbonyl (C=O) groups excluding carboxylic acids is 2. The lowest BCUT2D eigenvalue weighted by atomic mass is 9.81. The summed E-state index contributed by atoms with van der Waals surface area (Å²) in [6.07, 6.45) is 4.25. The van der Waals surface area contributed by atoms with Crippen molar-refractivity contribution in [3.63, 3.8) is 0 Å². The standard InChI is InChI=1S/C19H28ClN3O3/c1-13(2)26-16-8-7-15(20)11-14(16)12-22-18(25)23-19(17(24)21-3)9-5-4-6-10-19/h7-8,11,13H,4-6,9-10,12H2,1-3H3,(H,21,24)(H2,22,23,25). The van der Waals surface area contributed by atoms with Gasteiger partial charge in [0.1, 0.15) is 11.3 Å². The van der Waals surface area contributed by atoms with E-state index in [9.17, 15) is 9.59 Å². The van der Waals surface area contributed by atoms with Gasteiger partial charge in [-0.05, 0) is 44.9 Å². The third-order valence-electron chi connectivity index (χ3n) is 4.55. The number of nitrogens with one attached hydrogen (secondary N) is 3. The van der Waals surface area contributed by atoms with Gasteiger partial charge in [-0.1, -0.05) is 30.9 Å². The Balaban J connectivity index is 2.03. The summed E-state index contributed by atoms with van der Waals surface area (Å²) in [5, 5.41) is 8.96. The van der Waals surface area contributed by atoms with Gasteiger partial charge in [0.15, 0.2) is 0 Å². The highest BCUT2D eigenvalue weighted by Crippen LogP contribution is 2.28. The van der Waals surface area contributed by atoms with Crippen LogP contribution in [0, 0.1) is 0 Å². The van der Waals surface area contributed by atoms with E-state index in [1.165, 1.54) is 0 Å². The molecule has 0 atom stereocenters. The van der Waals surface area contributed by atoms with Gasteiger partial charge < -0.3 is 20.7 Å². The number of hydrogen-bond acceptors (Lipinski definition) is 3. The predicted molar refractivity (Wildman–Crippen MR) is 102 cm³/mol. The smallest absolute Gasteiger partial charge is 0.315 e. The number of urea groups is 1. The van der Waals surface area contributed by atoms with Crippen molar-refractivity contribution < 1.29 is 14.3 Å². The maximum atomic E-state index is 12.5. The normalized spacial score (nSPS) is 16.0. The zero-order valence-corrected chi connectivity index (χ0v) is 16.4. The average Bonchev–Trinajstić information content (AvgIpc) is 2.61. The molecule has 0 bridgehead atoms. The summed E-state index contributed by atoms with van der Waals surface area (Å²) in [4.78, 5) is 24.8. The summed E-state index contributed by atoms with van der Waals surface area (Å²) in [5.74, 6) is 0.544. The van der Waals surface area contributed by atoms with Crippen molar-refractivity contribution in [2.45, 2.75) is 64.1 Å². The number of halogens is 1. The molecule has 3 N–H and O–H groups in total. The summed E-state index contributed by atoms with van der Waals surface area (Å²) in [7, 11) is 1.60. The Kier molecular flexibility index (Phi) is 7.14. The maximum Gasteiger partial charge on any atom is 0.315 e. The molecule has 0 aromatic heterocycles. The third kappa shape index (κ3) is 5.27. The molecule has 1 saturated carbocycles. The lowest BCUT2D eigenvalue weighted by molar-refractivity contribution is -0.128. The fraction of sp³-hybridized carbons (Fsp3) is 0.579. The van der Waals surface area contributed by atoms with Gasteiger partial charge in [-0.15, -0.1) is 0 Å². The molecule has 0 unspecified atom stereocenters. The minimum atomic E-state index is -0.831. The fourth-order valence-electron chi connectivity index (χ4n) is 3.30. The molecular weight excluding hydrogens is 354 g/mol. The minimum absolute atomic E-state index is 0.0162. The van der Waals surface area contributed by atoms with Gasteiger partial charge in [-0.3, -0.25) is 4.79 Å². The number of carbonyl (C=O) groups is 2. The maximum absolute atomic E-state index is 12.5. The molecule has 1 aromatic rings. The van der Waals surface area contributed by atoms with Crippen LogP contribution in [0.25, 0.3) is 0 Å². The summed E-state index contributed by atoms with van der Waals surface area (Å²) >= 11 is 6.07. The van der Waals surface area contributed by atoms with Crippen molar-refractivity contribution in [2.24, 2.45) is 0 Å². The Bertz CT molecular complexity index is 643. The van der Waals surface area contributed by atoms with Gasteiger partial charge in [0.2, 0.25) is 5.91 Å². The Morgan fingerprint density at radius 1 is 1.23 bits per heavy atom. The Morgan fingerprint density at radius 3 is 2.54 bits per heavy atom. The van der Waals surface area contributed by atoms with Crippen LogP contribution in [0.1, 0.15) is 51.5 Å². The van der Waals surface area contributed by atoms with Crippen LogP contribution in [0.5, 0.6) is 5.75 Å². The second-order valence-electron chi connectivity index (χ2n) is 6.95. The van der Waals surface area contributed by atoms with Crippen LogP contribution >= 0.6 is 11.6 Å². The van der Waals surface area contributed by atoms with E-state index in [2.05, 4.69) is 16.0 Å². The van der Waals surface area contributed by atoms with Crippen LogP contribution in [0.3, 0.4) is 0 Å². The van der Waals surface area contributed by atoms with E-state index in [-0.39, 0.29) is 24.6 Å². The molecule has 144 valence electrons. The van der Waals surface area contributed by atoms with E-state index in [1.807, 2.05) is 13.8 Å². The number of rotatable bonds is 6. The zero-order valence-electron chi connectivity index (χ0n) is 15.7. The Labute approximate surface area is 160 Å². The summed E-state index contributed by atoms with van der Waals surface area (Å²) in [6.45, 7) is 4.14. The van der Waals surface area contributed by atoms with Crippen LogP contribution in [-0.2, 0) is 11.3 Å². The number of likely N-dealkylation sites (N-methyl/N-ethyl adjacent to an activating group) is 1. The number of hydrogen-bond donors (Lipinski definition) is 3. The summed E-state index contributed by atoms with van der Waals surface area (Å²) in [6, 6.07) is 4.95. The molecule has 7 heteroatoms. The quantitative estimate of drug-likeness (QED) is 0.706. The van der Waals surface area contributed by atoms with Crippen molar-refractivity contribution >= 4 is 23.5 Å². The zero-order chi connectivity index (χ0) is 19.2. The second kappa shape index (κ2) is 9.12. The number of amides is 3. The molecule has 0 radical (unpaired) electrons. The lowest BCUT2D eigenvalue weighted by Crippen LogP contribution is -2.60. The first kappa shape index (κ1) is 20.4. The van der Waals surface area contributed by atoms with Crippen molar-refractivity contribution in [1.82, 2.24) is 16.0 Å². The van der Waals surface area contributed by atoms with Gasteiger partial charge in [0.25, 0.3) is 0 Å². The predicted octanol–water partition coefficient (Wildman–Crippen LogP) is 3.38. The van der Waals surface area contributed by atoms with Gasteiger partial charge in [0, 0.05) is 24.2 Å². The molecule has 26 heavy (non-hydrogen) atoms. The topological polar surface area (TPSA) is 79.5 Å². The second-order valence-corrected chi connectivity index (χ2v) is 7.38. The monoisotopic (exact) mass is 381 g/mol. The molecule has 0 spiro atoms. The highest BCUT2D eigenvalue weighted by molar-refractivity contribution is 6.30. The number of ether oxygens (including phenoxy) is 1. The largest absolute Gasteiger partial charge is 0.491 e. The SMILES string of the molecule is CNC(=O)C1(NC(=O)NCc2cc(Cl)ccc2OC(C)C)CCCCC1. The van der Waals surface area contributed by atoms with Crippen LogP contribution in [-0.4, -0.2) is 30.6 Å². The Morgan fingerprint density at radius 2 is 1.92 bits per heavy atom. The molecule has 1 aliphatic carbocycles. The molecule has 1 aromatic carbocycles. The van der Waals surface area contributed by atoms with Crippen LogP contribution < -0.4 is 20.7 Å². The van der Waals surface area contributed by atoms with E-state index >= 15 is 0 Å². The molecule has 0 heterocycles. The van der Waals surface area contributed by atoms with E-state index in [0.717, 1.165) is 24.8 Å². The van der Waals surface area contributed by atoms with Crippen LogP contribution in [0.15, 0.2) is 18.2 Å². The van der Waals surface area contributed by atoms with Crippen LogP contribution in [0.4, 0.5) is 4.79 Å². The average molecular weight is 382 g/mol. The van der Waals surface area contributed by atoms with Gasteiger partial charge in [-0.25, -0.2) is 4.79 Å². The molecule has 3 amide bonds. The van der Waals surface area contributed by atoms with Gasteiger partial charge in [-0.2, -0.15) is 0 Å². The van der Waals surface area contributed by atoms with Crippen molar-refractivity contribution in [2.75, 3.05) is 7.05 Å². The molecular formula is C19H28ClN3O3. The highest BCUT2D eigenvalue weighted by atomic mass is 35.5. The van der Waals surface area contributed by atoms with Gasteiger partial charge in [0.05, 0.1) is 6.10 Å². The van der Waals surface area contributed by atoms with E-state index in [1.54, 1.807) is 25.2 Å². The molecule has 2 rings (SSSR count). The van der Waals surface area contributed by atoms with Crippen LogP contribution in [0.2, 0.25) is 5.02 Å². The molecule has 0 aliphatic heterocycles. The fourth-order valence-corrected chi connectivity index (χ4v) is 3.49. The van der Waals surface area contributed by atoms with E-state index in [4.69, 9.17) is 16.3 Å². The summed E-state index contributed by atoms with van der Waals surface area (Å²) < 4.78 is 5.76. The first-order chi connectivity index (χ1) is 12.4. The molecule has 1 aliphatic rings. The molecule has 0 saturated heterocycles. The summed E-state index contributed by atoms with van der Waals surface area (Å²) in [5.41, 5.74) is -0.0399. The van der Waals surface area contributed by atoms with E-state index in [0.29, 0.717) is 23.6 Å². The molecule has 1 fully saturated rings. The van der Waals surface area contributed by atoms with Crippen molar-refractivity contribution in [3.8, 4) is 5.75 Å². The Hall–Kier alpha value is -1.95.